The van der Waals surface area contributed by atoms with Crippen LogP contribution in [0.25, 0.3) is 0 Å². The second kappa shape index (κ2) is 2.02. The quantitative estimate of drug-likeness (QED) is 0.499. The Morgan fingerprint density at radius 2 is 1.73 bits per heavy atom. The van der Waals surface area contributed by atoms with Gasteiger partial charge in [0.1, 0.15) is 0 Å². The molecule has 3 aliphatic rings. The minimum absolute atomic E-state index is 0.686. The van der Waals surface area contributed by atoms with Gasteiger partial charge in [0.15, 0.2) is 0 Å². The van der Waals surface area contributed by atoms with E-state index in [1.165, 1.54) is 12.8 Å². The van der Waals surface area contributed by atoms with Crippen LogP contribution in [-0.2, 0) is 0 Å². The standard InChI is InChI=1S/C11H20/c1-7-5-9-6-10(8(7)2)11(9,3)4/h7-10H,5-6H2,1-4H3/t7?,8-,9-,10-/m0/s1. The number of fused-ring (bicyclic) bond motifs is 2. The third-order valence-corrected chi connectivity index (χ3v) is 4.73. The smallest absolute Gasteiger partial charge is 0.0295 e. The van der Waals surface area contributed by atoms with Crippen LogP contribution in [0.1, 0.15) is 40.5 Å². The lowest BCUT2D eigenvalue weighted by Gasteiger charge is -2.61. The van der Waals surface area contributed by atoms with Crippen LogP contribution in [0.5, 0.6) is 0 Å². The van der Waals surface area contributed by atoms with E-state index in [4.69, 9.17) is 0 Å². The molecule has 0 radical (unpaired) electrons. The second-order valence-corrected chi connectivity index (χ2v) is 5.43. The molecular weight excluding hydrogens is 132 g/mol. The van der Waals surface area contributed by atoms with Gasteiger partial charge in [-0.1, -0.05) is 27.7 Å². The molecule has 0 saturated heterocycles. The molecule has 0 heteroatoms. The summed E-state index contributed by atoms with van der Waals surface area (Å²) in [7, 11) is 0. The fraction of sp³-hybridized carbons (Fsp3) is 1.00. The minimum Gasteiger partial charge on any atom is -0.0622 e. The van der Waals surface area contributed by atoms with Gasteiger partial charge in [0.2, 0.25) is 0 Å². The highest BCUT2D eigenvalue weighted by Gasteiger charge is 2.54. The van der Waals surface area contributed by atoms with Crippen LogP contribution in [0.2, 0.25) is 0 Å². The van der Waals surface area contributed by atoms with E-state index in [0.29, 0.717) is 5.41 Å². The molecule has 3 aliphatic carbocycles. The maximum absolute atomic E-state index is 2.47. The Hall–Kier alpha value is 0. The van der Waals surface area contributed by atoms with Crippen molar-refractivity contribution >= 4 is 0 Å². The summed E-state index contributed by atoms with van der Waals surface area (Å²) in [4.78, 5) is 0. The molecule has 2 bridgehead atoms. The average Bonchev–Trinajstić information content (AvgIpc) is 1.93. The summed E-state index contributed by atoms with van der Waals surface area (Å²) in [6.45, 7) is 9.81. The zero-order valence-electron chi connectivity index (χ0n) is 8.22. The summed E-state index contributed by atoms with van der Waals surface area (Å²) >= 11 is 0. The van der Waals surface area contributed by atoms with E-state index >= 15 is 0 Å². The Balaban J connectivity index is 2.17. The van der Waals surface area contributed by atoms with E-state index in [-0.39, 0.29) is 0 Å². The summed E-state index contributed by atoms with van der Waals surface area (Å²) in [6, 6.07) is 0. The molecule has 0 heterocycles. The SMILES string of the molecule is CC1C[C@H]2C[C@@H]([C@H]1C)C2(C)C. The van der Waals surface area contributed by atoms with Gasteiger partial charge >= 0.3 is 0 Å². The summed E-state index contributed by atoms with van der Waals surface area (Å²) in [6.07, 6.45) is 3.02. The maximum atomic E-state index is 2.47. The summed E-state index contributed by atoms with van der Waals surface area (Å²) in [5.74, 6) is 4.07. The van der Waals surface area contributed by atoms with Crippen LogP contribution >= 0.6 is 0 Å². The zero-order chi connectivity index (χ0) is 8.22. The highest BCUT2D eigenvalue weighted by molar-refractivity contribution is 5.03. The third kappa shape index (κ3) is 0.816. The number of rotatable bonds is 0. The molecule has 0 aromatic carbocycles. The predicted octanol–water partition coefficient (Wildman–Crippen LogP) is 3.32. The Bertz CT molecular complexity index is 169. The van der Waals surface area contributed by atoms with Gasteiger partial charge in [0, 0.05) is 0 Å². The van der Waals surface area contributed by atoms with Crippen LogP contribution in [0.15, 0.2) is 0 Å². The van der Waals surface area contributed by atoms with Crippen molar-refractivity contribution in [2.24, 2.45) is 29.1 Å². The molecule has 3 rings (SSSR count). The Morgan fingerprint density at radius 1 is 1.09 bits per heavy atom. The average molecular weight is 152 g/mol. The molecule has 0 N–H and O–H groups in total. The van der Waals surface area contributed by atoms with Crippen molar-refractivity contribution in [2.75, 3.05) is 0 Å². The van der Waals surface area contributed by atoms with Gasteiger partial charge in [-0.05, 0) is 41.9 Å². The van der Waals surface area contributed by atoms with E-state index in [1.807, 2.05) is 0 Å². The van der Waals surface area contributed by atoms with E-state index in [1.54, 1.807) is 0 Å². The number of hydrogen-bond acceptors (Lipinski definition) is 0. The Morgan fingerprint density at radius 3 is 2.09 bits per heavy atom. The first kappa shape index (κ1) is 7.64. The predicted molar refractivity (Wildman–Crippen MR) is 48.3 cm³/mol. The summed E-state index contributed by atoms with van der Waals surface area (Å²) in [5, 5.41) is 0. The first-order chi connectivity index (χ1) is 5.03. The molecule has 3 fully saturated rings. The fourth-order valence-corrected chi connectivity index (χ4v) is 3.41. The largest absolute Gasteiger partial charge is 0.0622 e. The van der Waals surface area contributed by atoms with Crippen molar-refractivity contribution in [3.63, 3.8) is 0 Å². The molecule has 0 aromatic heterocycles. The zero-order valence-corrected chi connectivity index (χ0v) is 8.22. The van der Waals surface area contributed by atoms with E-state index in [2.05, 4.69) is 27.7 Å². The van der Waals surface area contributed by atoms with E-state index in [9.17, 15) is 0 Å². The van der Waals surface area contributed by atoms with Gasteiger partial charge in [0.05, 0.1) is 0 Å². The van der Waals surface area contributed by atoms with Crippen LogP contribution in [0.4, 0.5) is 0 Å². The molecule has 64 valence electrons. The number of hydrogen-bond donors (Lipinski definition) is 0. The van der Waals surface area contributed by atoms with Gasteiger partial charge in [0.25, 0.3) is 0 Å². The molecule has 3 saturated carbocycles. The first-order valence-electron chi connectivity index (χ1n) is 5.03. The summed E-state index contributed by atoms with van der Waals surface area (Å²) < 4.78 is 0. The lowest BCUT2D eigenvalue weighted by molar-refractivity contribution is -0.124. The normalized spacial score (nSPS) is 53.5. The molecule has 0 aromatic rings. The van der Waals surface area contributed by atoms with Crippen molar-refractivity contribution < 1.29 is 0 Å². The minimum atomic E-state index is 0.686. The van der Waals surface area contributed by atoms with Crippen molar-refractivity contribution in [2.45, 2.75) is 40.5 Å². The van der Waals surface area contributed by atoms with Gasteiger partial charge in [-0.15, -0.1) is 0 Å². The Labute approximate surface area is 70.4 Å². The lowest BCUT2D eigenvalue weighted by atomic mass is 9.44. The molecule has 1 unspecified atom stereocenters. The summed E-state index contributed by atoms with van der Waals surface area (Å²) in [5.41, 5.74) is 0.686. The molecule has 0 aliphatic heterocycles. The Kier molecular flexibility index (Phi) is 1.41. The molecule has 4 atom stereocenters. The highest BCUT2D eigenvalue weighted by atomic mass is 14.6. The molecule has 0 spiro atoms. The van der Waals surface area contributed by atoms with Crippen molar-refractivity contribution in [1.29, 1.82) is 0 Å². The van der Waals surface area contributed by atoms with Crippen LogP contribution in [0.3, 0.4) is 0 Å². The van der Waals surface area contributed by atoms with E-state index in [0.717, 1.165) is 23.7 Å². The molecular formula is C11H20. The van der Waals surface area contributed by atoms with Crippen molar-refractivity contribution in [3.8, 4) is 0 Å². The van der Waals surface area contributed by atoms with Gasteiger partial charge in [-0.3, -0.25) is 0 Å². The van der Waals surface area contributed by atoms with Crippen LogP contribution < -0.4 is 0 Å². The lowest BCUT2D eigenvalue weighted by Crippen LogP contribution is -2.54. The van der Waals surface area contributed by atoms with Crippen molar-refractivity contribution in [3.05, 3.63) is 0 Å². The van der Waals surface area contributed by atoms with Crippen LogP contribution in [-0.4, -0.2) is 0 Å². The van der Waals surface area contributed by atoms with Gasteiger partial charge in [-0.2, -0.15) is 0 Å². The highest BCUT2D eigenvalue weighted by Crippen LogP contribution is 2.62. The maximum Gasteiger partial charge on any atom is -0.0295 e. The monoisotopic (exact) mass is 152 g/mol. The fourth-order valence-electron chi connectivity index (χ4n) is 3.41. The van der Waals surface area contributed by atoms with E-state index < -0.39 is 0 Å². The van der Waals surface area contributed by atoms with Crippen molar-refractivity contribution in [1.82, 2.24) is 0 Å². The molecule has 11 heavy (non-hydrogen) atoms. The topological polar surface area (TPSA) is 0 Å². The molecule has 0 amide bonds. The second-order valence-electron chi connectivity index (χ2n) is 5.43. The van der Waals surface area contributed by atoms with Crippen LogP contribution in [0, 0.1) is 29.1 Å². The van der Waals surface area contributed by atoms with Gasteiger partial charge in [-0.25, -0.2) is 0 Å². The third-order valence-electron chi connectivity index (χ3n) is 4.73. The molecule has 0 nitrogen and oxygen atoms in total. The van der Waals surface area contributed by atoms with Gasteiger partial charge < -0.3 is 0 Å². The first-order valence-corrected chi connectivity index (χ1v) is 5.03.